The standard InChI is InChI=1S/C20H23NO4/c1-12(2)15-11-16(13(3)10-18(15)24-4)19(22)21-17-9-7-6-8-14(17)20(23)25-5/h6-12H,1-5H3,(H,21,22). The normalized spacial score (nSPS) is 10.5. The second-order valence-electron chi connectivity index (χ2n) is 6.06. The van der Waals surface area contributed by atoms with Gasteiger partial charge in [-0.15, -0.1) is 0 Å². The van der Waals surface area contributed by atoms with Crippen molar-refractivity contribution in [1.82, 2.24) is 0 Å². The van der Waals surface area contributed by atoms with E-state index in [1.54, 1.807) is 31.4 Å². The number of para-hydroxylation sites is 1. The summed E-state index contributed by atoms with van der Waals surface area (Å²) in [6.07, 6.45) is 0. The average Bonchev–Trinajstić information content (AvgIpc) is 2.60. The highest BCUT2D eigenvalue weighted by molar-refractivity contribution is 6.08. The summed E-state index contributed by atoms with van der Waals surface area (Å²) in [5, 5.41) is 2.81. The molecular weight excluding hydrogens is 318 g/mol. The van der Waals surface area contributed by atoms with Crippen molar-refractivity contribution in [2.45, 2.75) is 26.7 Å². The summed E-state index contributed by atoms with van der Waals surface area (Å²) in [5.41, 5.74) is 3.03. The number of amides is 1. The summed E-state index contributed by atoms with van der Waals surface area (Å²) < 4.78 is 10.2. The molecule has 1 amide bonds. The zero-order chi connectivity index (χ0) is 18.6. The van der Waals surface area contributed by atoms with Gasteiger partial charge in [-0.05, 0) is 48.2 Å². The first kappa shape index (κ1) is 18.5. The lowest BCUT2D eigenvalue weighted by molar-refractivity contribution is 0.0602. The predicted octanol–water partition coefficient (Wildman–Crippen LogP) is 4.17. The maximum Gasteiger partial charge on any atom is 0.339 e. The van der Waals surface area contributed by atoms with Gasteiger partial charge >= 0.3 is 5.97 Å². The molecule has 2 rings (SSSR count). The van der Waals surface area contributed by atoms with Crippen molar-refractivity contribution in [3.8, 4) is 5.75 Å². The molecule has 0 bridgehead atoms. The van der Waals surface area contributed by atoms with Crippen molar-refractivity contribution in [2.24, 2.45) is 0 Å². The summed E-state index contributed by atoms with van der Waals surface area (Å²) >= 11 is 0. The molecule has 0 unspecified atom stereocenters. The molecule has 0 saturated carbocycles. The Morgan fingerprint density at radius 1 is 1.04 bits per heavy atom. The summed E-state index contributed by atoms with van der Waals surface area (Å²) in [4.78, 5) is 24.6. The van der Waals surface area contributed by atoms with Crippen LogP contribution in [0.3, 0.4) is 0 Å². The average molecular weight is 341 g/mol. The number of rotatable bonds is 5. The molecular formula is C20H23NO4. The van der Waals surface area contributed by atoms with Crippen LogP contribution in [0.5, 0.6) is 5.75 Å². The van der Waals surface area contributed by atoms with E-state index in [2.05, 4.69) is 5.32 Å². The number of carbonyl (C=O) groups is 2. The van der Waals surface area contributed by atoms with Crippen molar-refractivity contribution in [3.05, 3.63) is 58.7 Å². The first-order valence-corrected chi connectivity index (χ1v) is 8.06. The van der Waals surface area contributed by atoms with Crippen molar-refractivity contribution in [3.63, 3.8) is 0 Å². The van der Waals surface area contributed by atoms with Crippen LogP contribution in [0.1, 0.15) is 51.6 Å². The van der Waals surface area contributed by atoms with Crippen LogP contribution < -0.4 is 10.1 Å². The fourth-order valence-electron chi connectivity index (χ4n) is 2.64. The molecule has 5 nitrogen and oxygen atoms in total. The molecule has 5 heteroatoms. The molecule has 0 aliphatic carbocycles. The molecule has 0 aliphatic rings. The van der Waals surface area contributed by atoms with E-state index in [1.165, 1.54) is 7.11 Å². The lowest BCUT2D eigenvalue weighted by Gasteiger charge is -2.16. The highest BCUT2D eigenvalue weighted by atomic mass is 16.5. The molecule has 1 N–H and O–H groups in total. The third-order valence-corrected chi connectivity index (χ3v) is 4.02. The SMILES string of the molecule is COC(=O)c1ccccc1NC(=O)c1cc(C(C)C)c(OC)cc1C. The molecule has 0 fully saturated rings. The Hall–Kier alpha value is -2.82. The fraction of sp³-hybridized carbons (Fsp3) is 0.300. The summed E-state index contributed by atoms with van der Waals surface area (Å²) in [6.45, 7) is 5.94. The largest absolute Gasteiger partial charge is 0.496 e. The van der Waals surface area contributed by atoms with Gasteiger partial charge in [0.05, 0.1) is 25.5 Å². The number of benzene rings is 2. The van der Waals surface area contributed by atoms with E-state index in [9.17, 15) is 9.59 Å². The van der Waals surface area contributed by atoms with Gasteiger partial charge in [0.15, 0.2) is 0 Å². The van der Waals surface area contributed by atoms with Crippen LogP contribution in [0.15, 0.2) is 36.4 Å². The van der Waals surface area contributed by atoms with Gasteiger partial charge < -0.3 is 14.8 Å². The van der Waals surface area contributed by atoms with Gasteiger partial charge in [-0.3, -0.25) is 4.79 Å². The summed E-state index contributed by atoms with van der Waals surface area (Å²) in [7, 11) is 2.93. The Labute approximate surface area is 148 Å². The first-order chi connectivity index (χ1) is 11.9. The zero-order valence-electron chi connectivity index (χ0n) is 15.2. The van der Waals surface area contributed by atoms with Gasteiger partial charge in [0.25, 0.3) is 5.91 Å². The summed E-state index contributed by atoms with van der Waals surface area (Å²) in [6, 6.07) is 10.5. The minimum atomic E-state index is -0.495. The minimum Gasteiger partial charge on any atom is -0.496 e. The van der Waals surface area contributed by atoms with Crippen LogP contribution in [-0.2, 0) is 4.74 Å². The minimum absolute atomic E-state index is 0.212. The van der Waals surface area contributed by atoms with Gasteiger partial charge in [0, 0.05) is 5.56 Å². The van der Waals surface area contributed by atoms with Crippen LogP contribution in [0.4, 0.5) is 5.69 Å². The monoisotopic (exact) mass is 341 g/mol. The zero-order valence-corrected chi connectivity index (χ0v) is 15.2. The smallest absolute Gasteiger partial charge is 0.339 e. The Bertz CT molecular complexity index is 796. The Balaban J connectivity index is 2.40. The molecule has 0 atom stereocenters. The van der Waals surface area contributed by atoms with E-state index < -0.39 is 5.97 Å². The Kier molecular flexibility index (Phi) is 5.80. The van der Waals surface area contributed by atoms with Gasteiger partial charge in [0.1, 0.15) is 5.75 Å². The predicted molar refractivity (Wildman–Crippen MR) is 97.6 cm³/mol. The molecule has 0 saturated heterocycles. The van der Waals surface area contributed by atoms with Crippen molar-refractivity contribution in [2.75, 3.05) is 19.5 Å². The van der Waals surface area contributed by atoms with E-state index >= 15 is 0 Å². The third-order valence-electron chi connectivity index (χ3n) is 4.02. The Morgan fingerprint density at radius 2 is 1.72 bits per heavy atom. The first-order valence-electron chi connectivity index (χ1n) is 8.06. The van der Waals surface area contributed by atoms with Crippen LogP contribution in [-0.4, -0.2) is 26.1 Å². The van der Waals surface area contributed by atoms with E-state index in [0.717, 1.165) is 16.9 Å². The van der Waals surface area contributed by atoms with Crippen LogP contribution in [0.25, 0.3) is 0 Å². The highest BCUT2D eigenvalue weighted by Crippen LogP contribution is 2.30. The molecule has 0 spiro atoms. The molecule has 2 aromatic carbocycles. The number of carbonyl (C=O) groups excluding carboxylic acids is 2. The number of nitrogens with one attached hydrogen (secondary N) is 1. The van der Waals surface area contributed by atoms with Crippen LogP contribution in [0, 0.1) is 6.92 Å². The maximum atomic E-state index is 12.8. The van der Waals surface area contributed by atoms with Gasteiger partial charge in [-0.25, -0.2) is 4.79 Å². The molecule has 0 heterocycles. The topological polar surface area (TPSA) is 64.6 Å². The number of ether oxygens (including phenoxy) is 2. The van der Waals surface area contributed by atoms with Gasteiger partial charge in [-0.2, -0.15) is 0 Å². The van der Waals surface area contributed by atoms with Gasteiger partial charge in [-0.1, -0.05) is 26.0 Å². The number of methoxy groups -OCH3 is 2. The molecule has 25 heavy (non-hydrogen) atoms. The number of anilines is 1. The molecule has 132 valence electrons. The lowest BCUT2D eigenvalue weighted by atomic mass is 9.96. The Morgan fingerprint density at radius 3 is 2.32 bits per heavy atom. The van der Waals surface area contributed by atoms with Crippen LogP contribution >= 0.6 is 0 Å². The quantitative estimate of drug-likeness (QED) is 0.829. The van der Waals surface area contributed by atoms with E-state index in [0.29, 0.717) is 16.8 Å². The second-order valence-corrected chi connectivity index (χ2v) is 6.06. The fourth-order valence-corrected chi connectivity index (χ4v) is 2.64. The highest BCUT2D eigenvalue weighted by Gasteiger charge is 2.18. The lowest BCUT2D eigenvalue weighted by Crippen LogP contribution is -2.17. The molecule has 0 aliphatic heterocycles. The number of esters is 1. The second kappa shape index (κ2) is 7.83. The van der Waals surface area contributed by atoms with Crippen LogP contribution in [0.2, 0.25) is 0 Å². The number of aryl methyl sites for hydroxylation is 1. The number of hydrogen-bond donors (Lipinski definition) is 1. The summed E-state index contributed by atoms with van der Waals surface area (Å²) in [5.74, 6) is 0.201. The maximum absolute atomic E-state index is 12.8. The third kappa shape index (κ3) is 3.99. The molecule has 2 aromatic rings. The van der Waals surface area contributed by atoms with Crippen molar-refractivity contribution < 1.29 is 19.1 Å². The van der Waals surface area contributed by atoms with Crippen molar-refractivity contribution >= 4 is 17.6 Å². The molecule has 0 radical (unpaired) electrons. The van der Waals surface area contributed by atoms with Gasteiger partial charge in [0.2, 0.25) is 0 Å². The van der Waals surface area contributed by atoms with E-state index in [-0.39, 0.29) is 11.8 Å². The van der Waals surface area contributed by atoms with E-state index in [1.807, 2.05) is 32.9 Å². The number of hydrogen-bond acceptors (Lipinski definition) is 4. The van der Waals surface area contributed by atoms with E-state index in [4.69, 9.17) is 9.47 Å². The van der Waals surface area contributed by atoms with Crippen molar-refractivity contribution in [1.29, 1.82) is 0 Å². The molecule has 0 aromatic heterocycles.